The van der Waals surface area contributed by atoms with Gasteiger partial charge in [-0.1, -0.05) is 6.08 Å². The Kier molecular flexibility index (Phi) is 8.98. The van der Waals surface area contributed by atoms with Gasteiger partial charge in [-0.25, -0.2) is 0 Å². The Morgan fingerprint density at radius 1 is 1.55 bits per heavy atom. The van der Waals surface area contributed by atoms with E-state index in [2.05, 4.69) is 6.58 Å². The summed E-state index contributed by atoms with van der Waals surface area (Å²) in [6.07, 6.45) is 3.69. The van der Waals surface area contributed by atoms with Crippen molar-refractivity contribution in [1.82, 2.24) is 0 Å². The molecule has 0 aliphatic carbocycles. The van der Waals surface area contributed by atoms with E-state index in [1.165, 1.54) is 0 Å². The molecule has 0 amide bonds. The quantitative estimate of drug-likeness (QED) is 0.273. The molecule has 0 fully saturated rings. The van der Waals surface area contributed by atoms with Gasteiger partial charge in [0.15, 0.2) is 9.76 Å². The molecule has 0 aromatic rings. The normalized spacial score (nSPS) is 11.5. The molecule has 11 heavy (non-hydrogen) atoms. The minimum atomic E-state index is -0.338. The summed E-state index contributed by atoms with van der Waals surface area (Å²) in [6, 6.07) is 1.05. The lowest BCUT2D eigenvalue weighted by Gasteiger charge is -2.02. The summed E-state index contributed by atoms with van der Waals surface area (Å²) in [4.78, 5) is -0.236. The van der Waals surface area contributed by atoms with Gasteiger partial charge in [0, 0.05) is 6.61 Å². The van der Waals surface area contributed by atoms with Gasteiger partial charge in [0.1, 0.15) is 4.84 Å². The highest BCUT2D eigenvalue weighted by atomic mass is 35.5. The SMILES string of the molecule is C=CC[SiH2]OCCCC(Cl)Cl. The topological polar surface area (TPSA) is 9.23 Å². The molecule has 0 aromatic heterocycles. The maximum atomic E-state index is 5.52. The first-order valence-corrected chi connectivity index (χ1v) is 6.19. The molecule has 0 heterocycles. The van der Waals surface area contributed by atoms with Crippen LogP contribution in [0.3, 0.4) is 0 Å². The van der Waals surface area contributed by atoms with Crippen LogP contribution in [-0.4, -0.2) is 21.2 Å². The Labute approximate surface area is 80.7 Å². The summed E-state index contributed by atoms with van der Waals surface area (Å²) in [5.41, 5.74) is 0. The Morgan fingerprint density at radius 3 is 2.82 bits per heavy atom. The Morgan fingerprint density at radius 2 is 2.27 bits per heavy atom. The number of hydrogen-bond donors (Lipinski definition) is 0. The number of allylic oxidation sites excluding steroid dienone is 1. The fourth-order valence-corrected chi connectivity index (χ4v) is 1.66. The van der Waals surface area contributed by atoms with E-state index in [4.69, 9.17) is 27.6 Å². The van der Waals surface area contributed by atoms with Crippen molar-refractivity contribution < 1.29 is 4.43 Å². The number of hydrogen-bond acceptors (Lipinski definition) is 1. The number of halogens is 2. The fourth-order valence-electron chi connectivity index (χ4n) is 0.608. The summed E-state index contributed by atoms with van der Waals surface area (Å²) in [6.45, 7) is 4.42. The van der Waals surface area contributed by atoms with Crippen LogP contribution in [0.2, 0.25) is 6.04 Å². The Balaban J connectivity index is 2.85. The van der Waals surface area contributed by atoms with Gasteiger partial charge in [-0.05, 0) is 18.9 Å². The number of rotatable bonds is 7. The van der Waals surface area contributed by atoms with E-state index < -0.39 is 0 Å². The summed E-state index contributed by atoms with van der Waals surface area (Å²) < 4.78 is 5.37. The van der Waals surface area contributed by atoms with E-state index in [1.54, 1.807) is 0 Å². The van der Waals surface area contributed by atoms with Crippen molar-refractivity contribution in [3.63, 3.8) is 0 Å². The fraction of sp³-hybridized carbons (Fsp3) is 0.714. The average Bonchev–Trinajstić information content (AvgIpc) is 1.96. The minimum absolute atomic E-state index is 0.236. The second-order valence-electron chi connectivity index (χ2n) is 2.22. The van der Waals surface area contributed by atoms with Gasteiger partial charge in [0.2, 0.25) is 0 Å². The summed E-state index contributed by atoms with van der Waals surface area (Å²) in [7, 11) is -0.338. The van der Waals surface area contributed by atoms with Crippen molar-refractivity contribution in [3.8, 4) is 0 Å². The largest absolute Gasteiger partial charge is 0.424 e. The van der Waals surface area contributed by atoms with Crippen LogP contribution in [-0.2, 0) is 4.43 Å². The van der Waals surface area contributed by atoms with E-state index in [1.807, 2.05) is 6.08 Å². The first-order chi connectivity index (χ1) is 5.27. The molecule has 0 unspecified atom stereocenters. The van der Waals surface area contributed by atoms with Gasteiger partial charge in [-0.3, -0.25) is 0 Å². The molecule has 4 heteroatoms. The summed E-state index contributed by atoms with van der Waals surface area (Å²) >= 11 is 11.0. The van der Waals surface area contributed by atoms with Crippen molar-refractivity contribution >= 4 is 33.0 Å². The van der Waals surface area contributed by atoms with Crippen LogP contribution < -0.4 is 0 Å². The summed E-state index contributed by atoms with van der Waals surface area (Å²) in [5.74, 6) is 0. The van der Waals surface area contributed by atoms with Gasteiger partial charge >= 0.3 is 0 Å². The van der Waals surface area contributed by atoms with E-state index in [-0.39, 0.29) is 14.6 Å². The van der Waals surface area contributed by atoms with Gasteiger partial charge in [0.25, 0.3) is 0 Å². The standard InChI is InChI=1S/C7H14Cl2OSi/c1-2-6-11-10-5-3-4-7(8)9/h2,7H,1,3-6,11H2. The zero-order chi connectivity index (χ0) is 8.53. The molecule has 0 aromatic carbocycles. The molecule has 0 radical (unpaired) electrons. The predicted molar refractivity (Wildman–Crippen MR) is 54.2 cm³/mol. The first-order valence-electron chi connectivity index (χ1n) is 3.74. The number of alkyl halides is 2. The predicted octanol–water partition coefficient (Wildman–Crippen LogP) is 2.28. The van der Waals surface area contributed by atoms with Gasteiger partial charge in [-0.15, -0.1) is 29.8 Å². The molecule has 0 N–H and O–H groups in total. The molecule has 0 saturated heterocycles. The first kappa shape index (κ1) is 11.5. The molecule has 0 rings (SSSR count). The summed E-state index contributed by atoms with van der Waals surface area (Å²) in [5, 5.41) is 0. The molecule has 0 bridgehead atoms. The molecule has 0 spiro atoms. The minimum Gasteiger partial charge on any atom is -0.424 e. The third kappa shape index (κ3) is 10.5. The van der Waals surface area contributed by atoms with Crippen LogP contribution in [0.1, 0.15) is 12.8 Å². The maximum absolute atomic E-state index is 5.52. The van der Waals surface area contributed by atoms with E-state index >= 15 is 0 Å². The van der Waals surface area contributed by atoms with Gasteiger partial charge < -0.3 is 4.43 Å². The smallest absolute Gasteiger partial charge is 0.165 e. The Hall–Kier alpha value is 0.497. The molecule has 1 nitrogen and oxygen atoms in total. The van der Waals surface area contributed by atoms with Crippen molar-refractivity contribution in [3.05, 3.63) is 12.7 Å². The van der Waals surface area contributed by atoms with Crippen LogP contribution in [0.15, 0.2) is 12.7 Å². The highest BCUT2D eigenvalue weighted by molar-refractivity contribution is 6.44. The zero-order valence-corrected chi connectivity index (χ0v) is 9.49. The third-order valence-electron chi connectivity index (χ3n) is 1.18. The van der Waals surface area contributed by atoms with Crippen LogP contribution in [0.5, 0.6) is 0 Å². The third-order valence-corrected chi connectivity index (χ3v) is 2.84. The van der Waals surface area contributed by atoms with Crippen LogP contribution in [0.25, 0.3) is 0 Å². The molecular formula is C7H14Cl2OSi. The second-order valence-corrected chi connectivity index (χ2v) is 4.89. The highest BCUT2D eigenvalue weighted by Gasteiger charge is 1.96. The molecular weight excluding hydrogens is 199 g/mol. The van der Waals surface area contributed by atoms with E-state index in [0.717, 1.165) is 25.5 Å². The zero-order valence-electron chi connectivity index (χ0n) is 6.56. The van der Waals surface area contributed by atoms with Crippen LogP contribution >= 0.6 is 23.2 Å². The molecule has 0 atom stereocenters. The Bertz CT molecular complexity index is 98.4. The molecule has 66 valence electrons. The monoisotopic (exact) mass is 212 g/mol. The van der Waals surface area contributed by atoms with Gasteiger partial charge in [-0.2, -0.15) is 0 Å². The highest BCUT2D eigenvalue weighted by Crippen LogP contribution is 2.08. The second kappa shape index (κ2) is 8.59. The lowest BCUT2D eigenvalue weighted by Crippen LogP contribution is -2.00. The van der Waals surface area contributed by atoms with Crippen LogP contribution in [0.4, 0.5) is 0 Å². The van der Waals surface area contributed by atoms with Crippen molar-refractivity contribution in [2.75, 3.05) is 6.61 Å². The average molecular weight is 213 g/mol. The van der Waals surface area contributed by atoms with Crippen LogP contribution in [0, 0.1) is 0 Å². The molecule has 0 aliphatic heterocycles. The lowest BCUT2D eigenvalue weighted by atomic mass is 10.4. The van der Waals surface area contributed by atoms with Crippen molar-refractivity contribution in [1.29, 1.82) is 0 Å². The van der Waals surface area contributed by atoms with E-state index in [0.29, 0.717) is 0 Å². The van der Waals surface area contributed by atoms with Gasteiger partial charge in [0.05, 0.1) is 0 Å². The van der Waals surface area contributed by atoms with Crippen molar-refractivity contribution in [2.45, 2.75) is 23.7 Å². The lowest BCUT2D eigenvalue weighted by molar-refractivity contribution is 0.326. The molecule has 0 aliphatic rings. The maximum Gasteiger partial charge on any atom is 0.165 e. The molecule has 0 saturated carbocycles. The van der Waals surface area contributed by atoms with E-state index in [9.17, 15) is 0 Å². The van der Waals surface area contributed by atoms with Crippen molar-refractivity contribution in [2.24, 2.45) is 0 Å².